The molecule has 0 aliphatic heterocycles. The molecule has 8 heteroatoms. The molecule has 32 heavy (non-hydrogen) atoms. The highest BCUT2D eigenvalue weighted by atomic mass is 16.5. The lowest BCUT2D eigenvalue weighted by Crippen LogP contribution is -2.44. The van der Waals surface area contributed by atoms with Crippen molar-refractivity contribution in [2.45, 2.75) is 38.3 Å². The van der Waals surface area contributed by atoms with Crippen LogP contribution in [0.15, 0.2) is 73.1 Å². The van der Waals surface area contributed by atoms with Gasteiger partial charge in [0.05, 0.1) is 5.56 Å². The number of carbonyl (C=O) groups is 2. The van der Waals surface area contributed by atoms with Gasteiger partial charge >= 0.3 is 0 Å². The Hall–Kier alpha value is -3.62. The van der Waals surface area contributed by atoms with Crippen LogP contribution in [0.1, 0.15) is 42.5 Å². The lowest BCUT2D eigenvalue weighted by atomic mass is 10.1. The number of hydroxylamine groups is 1. The molecule has 0 fully saturated rings. The average molecular weight is 434 g/mol. The van der Waals surface area contributed by atoms with Crippen molar-refractivity contribution in [1.82, 2.24) is 20.8 Å². The number of amides is 1. The number of anilines is 3. The van der Waals surface area contributed by atoms with E-state index < -0.39 is 6.17 Å². The molecule has 2 aromatic carbocycles. The van der Waals surface area contributed by atoms with E-state index >= 15 is 0 Å². The zero-order valence-corrected chi connectivity index (χ0v) is 17.7. The molecule has 166 valence electrons. The molecule has 0 aliphatic carbocycles. The zero-order chi connectivity index (χ0) is 22.6. The molecule has 3 aromatic rings. The highest BCUT2D eigenvalue weighted by molar-refractivity contribution is 5.94. The van der Waals surface area contributed by atoms with Gasteiger partial charge in [-0.15, -0.1) is 0 Å². The largest absolute Gasteiger partial charge is 0.335 e. The number of nitrogens with one attached hydrogen (secondary N) is 2. The lowest BCUT2D eigenvalue weighted by molar-refractivity contribution is -0.107. The molecule has 0 aliphatic rings. The van der Waals surface area contributed by atoms with Crippen molar-refractivity contribution < 1.29 is 14.8 Å². The van der Waals surface area contributed by atoms with Gasteiger partial charge in [0.15, 0.2) is 0 Å². The summed E-state index contributed by atoms with van der Waals surface area (Å²) in [7, 11) is 0. The molecule has 8 nitrogen and oxygen atoms in total. The van der Waals surface area contributed by atoms with E-state index in [9.17, 15) is 14.8 Å². The van der Waals surface area contributed by atoms with E-state index in [1.54, 1.807) is 0 Å². The quantitative estimate of drug-likeness (QED) is 0.171. The summed E-state index contributed by atoms with van der Waals surface area (Å²) in [5, 5.41) is 12.1. The average Bonchev–Trinajstić information content (AvgIpc) is 2.85. The number of hydrogen-bond acceptors (Lipinski definition) is 7. The standard InChI is InChI=1S/C24H27N5O3/c30-16-10-2-1-9-15-22(28-32)27-23(31)19-17-25-24(26-18-19)29(20-11-5-3-6-12-20)21-13-7-4-8-14-21/h3-8,11-14,16-18,22,28,32H,1-2,9-10,15H2,(H,27,31). The Morgan fingerprint density at radius 2 is 1.53 bits per heavy atom. The Labute approximate surface area is 187 Å². The molecule has 1 unspecified atom stereocenters. The first-order chi connectivity index (χ1) is 15.7. The van der Waals surface area contributed by atoms with Crippen LogP contribution in [0.3, 0.4) is 0 Å². The van der Waals surface area contributed by atoms with E-state index in [1.807, 2.05) is 65.6 Å². The summed E-state index contributed by atoms with van der Waals surface area (Å²) in [5.74, 6) is 0.0490. The molecule has 0 saturated carbocycles. The van der Waals surface area contributed by atoms with Crippen LogP contribution in [-0.4, -0.2) is 33.5 Å². The molecule has 3 N–H and O–H groups in total. The normalized spacial score (nSPS) is 11.5. The molecule has 0 spiro atoms. The SMILES string of the molecule is O=CCCCCCC(NO)NC(=O)c1cnc(N(c2ccccc2)c2ccccc2)nc1. The summed E-state index contributed by atoms with van der Waals surface area (Å²) in [6.07, 6.45) is 6.71. The second kappa shape index (κ2) is 12.3. The number of carbonyl (C=O) groups excluding carboxylic acids is 2. The third kappa shape index (κ3) is 6.44. The number of aromatic nitrogens is 2. The second-order valence-electron chi connectivity index (χ2n) is 7.24. The predicted molar refractivity (Wildman–Crippen MR) is 122 cm³/mol. The Balaban J connectivity index is 1.69. The molecule has 1 aromatic heterocycles. The van der Waals surface area contributed by atoms with Gasteiger partial charge in [-0.1, -0.05) is 42.8 Å². The third-order valence-corrected chi connectivity index (χ3v) is 4.91. The van der Waals surface area contributed by atoms with E-state index in [1.165, 1.54) is 12.4 Å². The summed E-state index contributed by atoms with van der Waals surface area (Å²) in [4.78, 5) is 33.7. The maximum absolute atomic E-state index is 12.6. The topological polar surface area (TPSA) is 107 Å². The van der Waals surface area contributed by atoms with Crippen molar-refractivity contribution in [1.29, 1.82) is 0 Å². The van der Waals surface area contributed by atoms with Crippen LogP contribution in [0, 0.1) is 0 Å². The van der Waals surface area contributed by atoms with Gasteiger partial charge in [-0.3, -0.25) is 9.69 Å². The van der Waals surface area contributed by atoms with E-state index in [0.29, 0.717) is 18.8 Å². The fourth-order valence-corrected chi connectivity index (χ4v) is 3.25. The molecule has 1 amide bonds. The highest BCUT2D eigenvalue weighted by Crippen LogP contribution is 2.31. The summed E-state index contributed by atoms with van der Waals surface area (Å²) >= 11 is 0. The summed E-state index contributed by atoms with van der Waals surface area (Å²) in [5.41, 5.74) is 4.20. The van der Waals surface area contributed by atoms with Crippen molar-refractivity contribution in [3.8, 4) is 0 Å². The van der Waals surface area contributed by atoms with Gasteiger partial charge in [-0.2, -0.15) is 5.48 Å². The van der Waals surface area contributed by atoms with E-state index in [2.05, 4.69) is 20.8 Å². The van der Waals surface area contributed by atoms with Gasteiger partial charge in [0.1, 0.15) is 12.5 Å². The van der Waals surface area contributed by atoms with Crippen LogP contribution in [0.5, 0.6) is 0 Å². The molecular weight excluding hydrogens is 406 g/mol. The number of rotatable bonds is 12. The predicted octanol–water partition coefficient (Wildman–Crippen LogP) is 4.13. The van der Waals surface area contributed by atoms with Gasteiger partial charge in [0, 0.05) is 30.2 Å². The Kier molecular flexibility index (Phi) is 8.85. The fourth-order valence-electron chi connectivity index (χ4n) is 3.25. The minimum absolute atomic E-state index is 0.288. The smallest absolute Gasteiger partial charge is 0.255 e. The Morgan fingerprint density at radius 3 is 2.06 bits per heavy atom. The van der Waals surface area contributed by atoms with E-state index in [4.69, 9.17) is 0 Å². The highest BCUT2D eigenvalue weighted by Gasteiger charge is 2.17. The molecule has 3 rings (SSSR count). The van der Waals surface area contributed by atoms with E-state index in [-0.39, 0.29) is 11.5 Å². The Bertz CT molecular complexity index is 928. The molecule has 0 saturated heterocycles. The summed E-state index contributed by atoms with van der Waals surface area (Å²) < 4.78 is 0. The molecule has 0 radical (unpaired) electrons. The first-order valence-electron chi connectivity index (χ1n) is 10.6. The molecular formula is C24H27N5O3. The molecule has 0 bridgehead atoms. The first-order valence-corrected chi connectivity index (χ1v) is 10.6. The van der Waals surface area contributed by atoms with Crippen molar-refractivity contribution in [2.75, 3.05) is 4.90 Å². The van der Waals surface area contributed by atoms with Gasteiger partial charge in [-0.25, -0.2) is 9.97 Å². The fraction of sp³-hybridized carbons (Fsp3) is 0.250. The monoisotopic (exact) mass is 433 g/mol. The summed E-state index contributed by atoms with van der Waals surface area (Å²) in [6, 6.07) is 19.5. The van der Waals surface area contributed by atoms with Crippen molar-refractivity contribution in [3.05, 3.63) is 78.6 Å². The number of benzene rings is 2. The van der Waals surface area contributed by atoms with Crippen LogP contribution in [0.4, 0.5) is 17.3 Å². The number of unbranched alkanes of at least 4 members (excludes halogenated alkanes) is 3. The minimum Gasteiger partial charge on any atom is -0.335 e. The van der Waals surface area contributed by atoms with Crippen molar-refractivity contribution >= 4 is 29.5 Å². The number of hydrogen-bond donors (Lipinski definition) is 3. The van der Waals surface area contributed by atoms with Gasteiger partial charge < -0.3 is 15.3 Å². The maximum atomic E-state index is 12.6. The number of nitrogens with zero attached hydrogens (tertiary/aromatic N) is 3. The second-order valence-corrected chi connectivity index (χ2v) is 7.24. The van der Waals surface area contributed by atoms with Crippen LogP contribution in [0.2, 0.25) is 0 Å². The van der Waals surface area contributed by atoms with Gasteiger partial charge in [0.2, 0.25) is 5.95 Å². The number of aldehydes is 1. The third-order valence-electron chi connectivity index (χ3n) is 4.91. The summed E-state index contributed by atoms with van der Waals surface area (Å²) in [6.45, 7) is 0. The zero-order valence-electron chi connectivity index (χ0n) is 17.7. The van der Waals surface area contributed by atoms with Crippen molar-refractivity contribution in [3.63, 3.8) is 0 Å². The lowest BCUT2D eigenvalue weighted by Gasteiger charge is -2.23. The van der Waals surface area contributed by atoms with Gasteiger partial charge in [-0.05, 0) is 43.5 Å². The molecule has 1 atom stereocenters. The van der Waals surface area contributed by atoms with Crippen LogP contribution in [-0.2, 0) is 4.79 Å². The van der Waals surface area contributed by atoms with Crippen LogP contribution in [0.25, 0.3) is 0 Å². The maximum Gasteiger partial charge on any atom is 0.255 e. The van der Waals surface area contributed by atoms with Gasteiger partial charge in [0.25, 0.3) is 5.91 Å². The van der Waals surface area contributed by atoms with E-state index in [0.717, 1.165) is 36.9 Å². The Morgan fingerprint density at radius 1 is 0.938 bits per heavy atom. The van der Waals surface area contributed by atoms with Crippen LogP contribution >= 0.6 is 0 Å². The minimum atomic E-state index is -0.594. The molecule has 1 heterocycles. The number of para-hydroxylation sites is 2. The van der Waals surface area contributed by atoms with Crippen LogP contribution < -0.4 is 15.7 Å². The van der Waals surface area contributed by atoms with Crippen molar-refractivity contribution in [2.24, 2.45) is 0 Å². The first kappa shape index (κ1) is 23.1.